The summed E-state index contributed by atoms with van der Waals surface area (Å²) in [7, 11) is 3.91. The molecule has 96 valence electrons. The molecule has 0 aromatic heterocycles. The Balaban J connectivity index is 2.01. The summed E-state index contributed by atoms with van der Waals surface area (Å²) in [6.07, 6.45) is 2.51. The van der Waals surface area contributed by atoms with Gasteiger partial charge in [-0.25, -0.2) is 0 Å². The van der Waals surface area contributed by atoms with E-state index in [-0.39, 0.29) is 11.9 Å². The summed E-state index contributed by atoms with van der Waals surface area (Å²) in [5.41, 5.74) is 3.08. The maximum absolute atomic E-state index is 11.8. The molecule has 1 aromatic carbocycles. The number of nitrogens with zero attached hydrogens (tertiary/aromatic N) is 1. The number of carbonyl (C=O) groups excluding carboxylic acids is 1. The Hall–Kier alpha value is -1.07. The fourth-order valence-corrected chi connectivity index (χ4v) is 3.13. The van der Waals surface area contributed by atoms with E-state index in [9.17, 15) is 4.79 Å². The summed E-state index contributed by atoms with van der Waals surface area (Å²) in [4.78, 5) is 14.1. The summed E-state index contributed by atoms with van der Waals surface area (Å²) in [5, 5.41) is 5.97. The highest BCUT2D eigenvalue weighted by molar-refractivity contribution is 9.10. The summed E-state index contributed by atoms with van der Waals surface area (Å²) < 4.78 is 1.05. The molecule has 18 heavy (non-hydrogen) atoms. The summed E-state index contributed by atoms with van der Waals surface area (Å²) in [5.74, 6) is 0.0191. The second-order valence-electron chi connectivity index (χ2n) is 4.94. The van der Waals surface area contributed by atoms with E-state index in [1.807, 2.05) is 6.07 Å². The standard InChI is InChI=1S/C13H16BrN3O/c1-15-12-8-5-9(14)11(17(2)7-3-4-7)6-10(8)16-13(12)18/h5-7,12,15H,3-4H2,1-2H3,(H,16,18). The SMILES string of the molecule is CNC1C(=O)Nc2cc(N(C)C3CC3)c(Br)cc21. The number of likely N-dealkylation sites (N-methyl/N-ethyl adjacent to an activating group) is 1. The number of hydrogen-bond acceptors (Lipinski definition) is 3. The molecule has 0 spiro atoms. The molecule has 1 fully saturated rings. The zero-order valence-corrected chi connectivity index (χ0v) is 12.0. The summed E-state index contributed by atoms with van der Waals surface area (Å²) >= 11 is 3.61. The molecule has 1 atom stereocenters. The number of anilines is 2. The highest BCUT2D eigenvalue weighted by atomic mass is 79.9. The van der Waals surface area contributed by atoms with Gasteiger partial charge in [-0.1, -0.05) is 0 Å². The van der Waals surface area contributed by atoms with Crippen LogP contribution in [-0.4, -0.2) is 26.0 Å². The van der Waals surface area contributed by atoms with Gasteiger partial charge in [0.1, 0.15) is 6.04 Å². The van der Waals surface area contributed by atoms with Crippen LogP contribution >= 0.6 is 15.9 Å². The number of carbonyl (C=O) groups is 1. The lowest BCUT2D eigenvalue weighted by molar-refractivity contribution is -0.117. The average Bonchev–Trinajstić information content (AvgIpc) is 3.12. The van der Waals surface area contributed by atoms with Crippen molar-refractivity contribution in [2.75, 3.05) is 24.3 Å². The molecular formula is C13H16BrN3O. The number of fused-ring (bicyclic) bond motifs is 1. The molecule has 1 amide bonds. The maximum atomic E-state index is 11.8. The molecule has 0 radical (unpaired) electrons. The number of halogens is 1. The van der Waals surface area contributed by atoms with Crippen molar-refractivity contribution in [3.05, 3.63) is 22.2 Å². The highest BCUT2D eigenvalue weighted by Gasteiger charge is 2.32. The molecule has 4 nitrogen and oxygen atoms in total. The van der Waals surface area contributed by atoms with Crippen LogP contribution in [0.3, 0.4) is 0 Å². The number of hydrogen-bond donors (Lipinski definition) is 2. The Bertz CT molecular complexity index is 513. The van der Waals surface area contributed by atoms with Crippen molar-refractivity contribution in [3.63, 3.8) is 0 Å². The summed E-state index contributed by atoms with van der Waals surface area (Å²) in [6, 6.07) is 4.52. The monoisotopic (exact) mass is 309 g/mol. The predicted molar refractivity (Wildman–Crippen MR) is 76.0 cm³/mol. The Morgan fingerprint density at radius 1 is 1.44 bits per heavy atom. The fourth-order valence-electron chi connectivity index (χ4n) is 2.49. The first-order valence-corrected chi connectivity index (χ1v) is 6.95. The fraction of sp³-hybridized carbons (Fsp3) is 0.462. The minimum atomic E-state index is -0.239. The van der Waals surface area contributed by atoms with E-state index in [1.54, 1.807) is 7.05 Å². The van der Waals surface area contributed by atoms with Gasteiger partial charge in [0.15, 0.2) is 0 Å². The minimum Gasteiger partial charge on any atom is -0.371 e. The third-order valence-electron chi connectivity index (χ3n) is 3.71. The number of amides is 1. The zero-order valence-electron chi connectivity index (χ0n) is 10.5. The smallest absolute Gasteiger partial charge is 0.246 e. The molecule has 1 aliphatic carbocycles. The van der Waals surface area contributed by atoms with E-state index >= 15 is 0 Å². The minimum absolute atomic E-state index is 0.0191. The first-order chi connectivity index (χ1) is 8.61. The lowest BCUT2D eigenvalue weighted by Crippen LogP contribution is -2.23. The van der Waals surface area contributed by atoms with Crippen LogP contribution in [0, 0.1) is 0 Å². The molecule has 1 aliphatic heterocycles. The van der Waals surface area contributed by atoms with Gasteiger partial charge in [0.05, 0.1) is 5.69 Å². The van der Waals surface area contributed by atoms with Crippen LogP contribution < -0.4 is 15.5 Å². The van der Waals surface area contributed by atoms with E-state index in [1.165, 1.54) is 12.8 Å². The number of nitrogens with one attached hydrogen (secondary N) is 2. The van der Waals surface area contributed by atoms with Gasteiger partial charge in [0.25, 0.3) is 0 Å². The lowest BCUT2D eigenvalue weighted by Gasteiger charge is -2.21. The zero-order chi connectivity index (χ0) is 12.9. The second-order valence-corrected chi connectivity index (χ2v) is 5.80. The molecule has 1 unspecified atom stereocenters. The van der Waals surface area contributed by atoms with Crippen LogP contribution in [0.25, 0.3) is 0 Å². The van der Waals surface area contributed by atoms with Gasteiger partial charge in [-0.15, -0.1) is 0 Å². The van der Waals surface area contributed by atoms with Gasteiger partial charge < -0.3 is 15.5 Å². The second kappa shape index (κ2) is 4.24. The van der Waals surface area contributed by atoms with Crippen LogP contribution in [0.1, 0.15) is 24.4 Å². The molecule has 5 heteroatoms. The van der Waals surface area contributed by atoms with Crippen molar-refractivity contribution in [1.29, 1.82) is 0 Å². The lowest BCUT2D eigenvalue weighted by atomic mass is 10.1. The Morgan fingerprint density at radius 2 is 2.17 bits per heavy atom. The van der Waals surface area contributed by atoms with Gasteiger partial charge in [-0.2, -0.15) is 0 Å². The highest BCUT2D eigenvalue weighted by Crippen LogP contribution is 2.41. The van der Waals surface area contributed by atoms with Crippen LogP contribution in [-0.2, 0) is 4.79 Å². The van der Waals surface area contributed by atoms with Gasteiger partial charge in [0.2, 0.25) is 5.91 Å². The Labute approximate surface area is 115 Å². The molecule has 1 saturated carbocycles. The topological polar surface area (TPSA) is 44.4 Å². The van der Waals surface area contributed by atoms with Crippen molar-refractivity contribution in [1.82, 2.24) is 5.32 Å². The first kappa shape index (κ1) is 12.0. The molecular weight excluding hydrogens is 294 g/mol. The molecule has 2 N–H and O–H groups in total. The first-order valence-electron chi connectivity index (χ1n) is 6.16. The van der Waals surface area contributed by atoms with Crippen LogP contribution in [0.15, 0.2) is 16.6 Å². The van der Waals surface area contributed by atoms with E-state index in [0.717, 1.165) is 21.4 Å². The van der Waals surface area contributed by atoms with Crippen molar-refractivity contribution in [2.45, 2.75) is 24.9 Å². The predicted octanol–water partition coefficient (Wildman–Crippen LogP) is 2.26. The van der Waals surface area contributed by atoms with E-state index in [2.05, 4.69) is 44.6 Å². The molecule has 2 aliphatic rings. The Kier molecular flexibility index (Phi) is 2.83. The van der Waals surface area contributed by atoms with Gasteiger partial charge in [0, 0.05) is 28.8 Å². The Morgan fingerprint density at radius 3 is 2.78 bits per heavy atom. The van der Waals surface area contributed by atoms with Crippen molar-refractivity contribution >= 4 is 33.2 Å². The maximum Gasteiger partial charge on any atom is 0.246 e. The quantitative estimate of drug-likeness (QED) is 0.900. The average molecular weight is 310 g/mol. The van der Waals surface area contributed by atoms with Crippen molar-refractivity contribution in [3.8, 4) is 0 Å². The van der Waals surface area contributed by atoms with Crippen LogP contribution in [0.2, 0.25) is 0 Å². The summed E-state index contributed by atoms with van der Waals surface area (Å²) in [6.45, 7) is 0. The van der Waals surface area contributed by atoms with E-state index in [0.29, 0.717) is 6.04 Å². The number of rotatable bonds is 3. The third-order valence-corrected chi connectivity index (χ3v) is 4.35. The molecule has 0 saturated heterocycles. The van der Waals surface area contributed by atoms with Gasteiger partial charge in [-0.3, -0.25) is 4.79 Å². The molecule has 0 bridgehead atoms. The van der Waals surface area contributed by atoms with E-state index in [4.69, 9.17) is 0 Å². The van der Waals surface area contributed by atoms with Gasteiger partial charge in [-0.05, 0) is 48.0 Å². The van der Waals surface area contributed by atoms with Crippen molar-refractivity contribution in [2.24, 2.45) is 0 Å². The normalized spacial score (nSPS) is 21.7. The van der Waals surface area contributed by atoms with Crippen LogP contribution in [0.5, 0.6) is 0 Å². The number of benzene rings is 1. The largest absolute Gasteiger partial charge is 0.371 e. The van der Waals surface area contributed by atoms with Gasteiger partial charge >= 0.3 is 0 Å². The van der Waals surface area contributed by atoms with Crippen LogP contribution in [0.4, 0.5) is 11.4 Å². The third kappa shape index (κ3) is 1.82. The molecule has 1 aromatic rings. The molecule has 1 heterocycles. The molecule has 3 rings (SSSR count). The van der Waals surface area contributed by atoms with E-state index < -0.39 is 0 Å². The van der Waals surface area contributed by atoms with Crippen molar-refractivity contribution < 1.29 is 4.79 Å².